The first-order chi connectivity index (χ1) is 10.8. The molecule has 1 aromatic rings. The first kappa shape index (κ1) is 16.7. The minimum Gasteiger partial charge on any atom is -0.378 e. The van der Waals surface area contributed by atoms with Crippen LogP contribution in [-0.4, -0.2) is 43.7 Å². The van der Waals surface area contributed by atoms with Crippen molar-refractivity contribution in [3.63, 3.8) is 0 Å². The maximum Gasteiger partial charge on any atom is 0.224 e. The summed E-state index contributed by atoms with van der Waals surface area (Å²) in [5, 5.41) is 2.99. The molecule has 0 spiro atoms. The summed E-state index contributed by atoms with van der Waals surface area (Å²) in [5.41, 5.74) is 6.25. The quantitative estimate of drug-likeness (QED) is 0.715. The Balaban J connectivity index is 1.85. The van der Waals surface area contributed by atoms with Gasteiger partial charge in [0.2, 0.25) is 5.91 Å². The number of pyridine rings is 1. The summed E-state index contributed by atoms with van der Waals surface area (Å²) < 4.78 is 5.36. The van der Waals surface area contributed by atoms with Gasteiger partial charge in [0.1, 0.15) is 0 Å². The number of rotatable bonds is 8. The number of hydrogen-bond donors (Lipinski definition) is 2. The molecule has 1 saturated heterocycles. The van der Waals surface area contributed by atoms with Gasteiger partial charge in [0.05, 0.1) is 18.9 Å². The lowest BCUT2D eigenvalue weighted by Crippen LogP contribution is -2.37. The van der Waals surface area contributed by atoms with Gasteiger partial charge in [-0.05, 0) is 31.5 Å². The average Bonchev–Trinajstić information content (AvgIpc) is 2.56. The van der Waals surface area contributed by atoms with E-state index in [9.17, 15) is 4.79 Å². The molecule has 22 heavy (non-hydrogen) atoms. The van der Waals surface area contributed by atoms with Gasteiger partial charge < -0.3 is 20.7 Å². The number of amides is 1. The van der Waals surface area contributed by atoms with Crippen LogP contribution in [-0.2, 0) is 9.53 Å². The van der Waals surface area contributed by atoms with Crippen molar-refractivity contribution in [1.29, 1.82) is 0 Å². The van der Waals surface area contributed by atoms with Gasteiger partial charge in [0.25, 0.3) is 0 Å². The summed E-state index contributed by atoms with van der Waals surface area (Å²) in [6.07, 6.45) is 6.38. The summed E-state index contributed by atoms with van der Waals surface area (Å²) in [7, 11) is 0. The normalized spacial score (nSPS) is 14.9. The monoisotopic (exact) mass is 306 g/mol. The van der Waals surface area contributed by atoms with Gasteiger partial charge in [-0.25, -0.2) is 4.98 Å². The number of aromatic nitrogens is 1. The van der Waals surface area contributed by atoms with Crippen molar-refractivity contribution in [3.05, 3.63) is 18.3 Å². The maximum atomic E-state index is 12.1. The van der Waals surface area contributed by atoms with Crippen molar-refractivity contribution in [2.24, 2.45) is 5.73 Å². The zero-order valence-electron chi connectivity index (χ0n) is 13.1. The van der Waals surface area contributed by atoms with Crippen molar-refractivity contribution < 1.29 is 9.53 Å². The first-order valence-corrected chi connectivity index (χ1v) is 8.09. The highest BCUT2D eigenvalue weighted by atomic mass is 16.5. The van der Waals surface area contributed by atoms with Gasteiger partial charge in [-0.15, -0.1) is 0 Å². The number of carbonyl (C=O) groups is 1. The molecule has 0 atom stereocenters. The molecule has 0 aromatic carbocycles. The SMILES string of the molecule is NCCCCCCC(=O)Nc1cccnc1N1CCOCC1. The first-order valence-electron chi connectivity index (χ1n) is 8.09. The van der Waals surface area contributed by atoms with Crippen LogP contribution in [0.1, 0.15) is 32.1 Å². The molecule has 1 amide bonds. The minimum atomic E-state index is 0.0512. The summed E-state index contributed by atoms with van der Waals surface area (Å²) in [4.78, 5) is 18.6. The minimum absolute atomic E-state index is 0.0512. The second-order valence-corrected chi connectivity index (χ2v) is 5.48. The molecule has 1 fully saturated rings. The van der Waals surface area contributed by atoms with E-state index in [1.807, 2.05) is 12.1 Å². The lowest BCUT2D eigenvalue weighted by Gasteiger charge is -2.29. The number of nitrogens with one attached hydrogen (secondary N) is 1. The van der Waals surface area contributed by atoms with E-state index in [0.717, 1.165) is 56.8 Å². The third-order valence-electron chi connectivity index (χ3n) is 3.73. The summed E-state index contributed by atoms with van der Waals surface area (Å²) >= 11 is 0. The number of anilines is 2. The number of unbranched alkanes of at least 4 members (excludes halogenated alkanes) is 3. The van der Waals surface area contributed by atoms with Crippen LogP contribution in [0.25, 0.3) is 0 Å². The van der Waals surface area contributed by atoms with E-state index in [1.54, 1.807) is 6.20 Å². The van der Waals surface area contributed by atoms with Gasteiger partial charge >= 0.3 is 0 Å². The number of hydrogen-bond acceptors (Lipinski definition) is 5. The Labute approximate surface area is 132 Å². The molecule has 0 bridgehead atoms. The Kier molecular flexibility index (Phi) is 7.12. The van der Waals surface area contributed by atoms with Crippen LogP contribution >= 0.6 is 0 Å². The molecule has 6 nitrogen and oxygen atoms in total. The van der Waals surface area contributed by atoms with Crippen molar-refractivity contribution in [1.82, 2.24) is 4.98 Å². The third kappa shape index (κ3) is 5.27. The number of morpholine rings is 1. The van der Waals surface area contributed by atoms with Crippen LogP contribution in [0.2, 0.25) is 0 Å². The predicted molar refractivity (Wildman–Crippen MR) is 88.0 cm³/mol. The van der Waals surface area contributed by atoms with E-state index < -0.39 is 0 Å². The van der Waals surface area contributed by atoms with E-state index in [-0.39, 0.29) is 5.91 Å². The highest BCUT2D eigenvalue weighted by molar-refractivity contribution is 5.93. The molecule has 122 valence electrons. The molecule has 0 radical (unpaired) electrons. The van der Waals surface area contributed by atoms with E-state index in [4.69, 9.17) is 10.5 Å². The summed E-state index contributed by atoms with van der Waals surface area (Å²) in [6.45, 7) is 3.74. The van der Waals surface area contributed by atoms with Gasteiger partial charge in [0.15, 0.2) is 5.82 Å². The Morgan fingerprint density at radius 2 is 2.05 bits per heavy atom. The van der Waals surface area contributed by atoms with Crippen LogP contribution in [0.15, 0.2) is 18.3 Å². The van der Waals surface area contributed by atoms with Gasteiger partial charge in [-0.1, -0.05) is 12.8 Å². The fourth-order valence-corrected chi connectivity index (χ4v) is 2.52. The molecule has 2 rings (SSSR count). The third-order valence-corrected chi connectivity index (χ3v) is 3.73. The molecule has 1 aliphatic heterocycles. The fourth-order valence-electron chi connectivity index (χ4n) is 2.52. The number of ether oxygens (including phenoxy) is 1. The number of carbonyl (C=O) groups excluding carboxylic acids is 1. The van der Waals surface area contributed by atoms with Crippen LogP contribution in [0.5, 0.6) is 0 Å². The van der Waals surface area contributed by atoms with E-state index >= 15 is 0 Å². The zero-order valence-corrected chi connectivity index (χ0v) is 13.1. The van der Waals surface area contributed by atoms with E-state index in [2.05, 4.69) is 15.2 Å². The van der Waals surface area contributed by atoms with Crippen molar-refractivity contribution >= 4 is 17.4 Å². The van der Waals surface area contributed by atoms with Crippen LogP contribution in [0.3, 0.4) is 0 Å². The highest BCUT2D eigenvalue weighted by Gasteiger charge is 2.16. The molecule has 6 heteroatoms. The van der Waals surface area contributed by atoms with Crippen molar-refractivity contribution in [2.45, 2.75) is 32.1 Å². The lowest BCUT2D eigenvalue weighted by atomic mass is 10.1. The smallest absolute Gasteiger partial charge is 0.224 e. The standard InChI is InChI=1S/C16H26N4O2/c17-8-4-2-1-3-7-15(21)19-14-6-5-9-18-16(14)20-10-12-22-13-11-20/h5-6,9H,1-4,7-8,10-13,17H2,(H,19,21). The molecule has 0 unspecified atom stereocenters. The second kappa shape index (κ2) is 9.38. The maximum absolute atomic E-state index is 12.1. The van der Waals surface area contributed by atoms with Crippen LogP contribution in [0.4, 0.5) is 11.5 Å². The Morgan fingerprint density at radius 1 is 1.27 bits per heavy atom. The molecule has 0 aliphatic carbocycles. The molecule has 2 heterocycles. The second-order valence-electron chi connectivity index (χ2n) is 5.48. The van der Waals surface area contributed by atoms with Gasteiger partial charge in [-0.3, -0.25) is 4.79 Å². The van der Waals surface area contributed by atoms with Gasteiger partial charge in [0, 0.05) is 25.7 Å². The summed E-state index contributed by atoms with van der Waals surface area (Å²) in [5.74, 6) is 0.887. The van der Waals surface area contributed by atoms with Crippen molar-refractivity contribution in [3.8, 4) is 0 Å². The molecule has 3 N–H and O–H groups in total. The molecular formula is C16H26N4O2. The Hall–Kier alpha value is -1.66. The summed E-state index contributed by atoms with van der Waals surface area (Å²) in [6, 6.07) is 3.75. The highest BCUT2D eigenvalue weighted by Crippen LogP contribution is 2.23. The lowest BCUT2D eigenvalue weighted by molar-refractivity contribution is -0.116. The number of nitrogens with zero attached hydrogens (tertiary/aromatic N) is 2. The van der Waals surface area contributed by atoms with Crippen LogP contribution in [0, 0.1) is 0 Å². The molecule has 1 aromatic heterocycles. The van der Waals surface area contributed by atoms with E-state index in [1.165, 1.54) is 0 Å². The molecule has 1 aliphatic rings. The predicted octanol–water partition coefficient (Wildman–Crippen LogP) is 1.77. The van der Waals surface area contributed by atoms with Crippen molar-refractivity contribution in [2.75, 3.05) is 43.1 Å². The average molecular weight is 306 g/mol. The Bertz CT molecular complexity index is 461. The van der Waals surface area contributed by atoms with Crippen LogP contribution < -0.4 is 16.0 Å². The molecule has 0 saturated carbocycles. The largest absolute Gasteiger partial charge is 0.378 e. The van der Waals surface area contributed by atoms with E-state index in [0.29, 0.717) is 19.6 Å². The van der Waals surface area contributed by atoms with Gasteiger partial charge in [-0.2, -0.15) is 0 Å². The Morgan fingerprint density at radius 3 is 2.82 bits per heavy atom. The fraction of sp³-hybridized carbons (Fsp3) is 0.625. The molecular weight excluding hydrogens is 280 g/mol. The zero-order chi connectivity index (χ0) is 15.6. The topological polar surface area (TPSA) is 80.5 Å². The number of nitrogens with two attached hydrogens (primary N) is 1.